The van der Waals surface area contributed by atoms with Crippen molar-refractivity contribution in [3.63, 3.8) is 0 Å². The molecule has 3 aliphatic carbocycles. The normalized spacial score (nSPS) is 25.9. The van der Waals surface area contributed by atoms with E-state index in [1.807, 2.05) is 19.0 Å². The second-order valence-electron chi connectivity index (χ2n) is 9.65. The van der Waals surface area contributed by atoms with E-state index in [-0.39, 0.29) is 42.1 Å². The molecule has 13 nitrogen and oxygen atoms in total. The van der Waals surface area contributed by atoms with E-state index in [4.69, 9.17) is 15.6 Å². The molecule has 14 heteroatoms. The number of amides is 2. The Morgan fingerprint density at radius 1 is 1.05 bits per heavy atom. The van der Waals surface area contributed by atoms with Crippen LogP contribution in [0, 0.1) is 11.8 Å². The molecule has 1 aromatic carbocycles. The monoisotopic (exact) mass is 554 g/mol. The minimum atomic E-state index is -2.63. The molecule has 208 valence electrons. The molecule has 0 aliphatic heterocycles. The number of hydrogen-bond acceptors (Lipinski definition) is 10. The molecule has 1 saturated carbocycles. The lowest BCUT2D eigenvalue weighted by atomic mass is 9.57. The molecule has 3 aliphatic rings. The molecular weight excluding hydrogens is 524 g/mol. The molecule has 1 aromatic rings. The third-order valence-electron chi connectivity index (χ3n) is 7.06. The lowest BCUT2D eigenvalue weighted by molar-refractivity contribution is -0.153. The number of fused-ring (bicyclic) bond motifs is 3. The average molecular weight is 555 g/mol. The molecule has 9 N–H and O–H groups in total. The number of phenolic OH excluding ortho intramolecular Hbond substituents is 1. The van der Waals surface area contributed by atoms with E-state index in [1.165, 1.54) is 11.0 Å². The standard InChI is InChI=1S/C23H27N3O7.CH3NO2.ClH/c1-25(2)12-5-6-13(27)15-10(12)7-9-8-11-17(26(3)4)19(29)16(22(24)32)21(31)23(11,33)20(30)14(9)18(15)28;2-1(3)4;/h5-6,9,11,17,27-28,31,33H,7-8H2,1-4H3,(H2,24,32);2H2,(H,3,4);1H/t9-,11-,17-,23-;;/m0../s1. The molecule has 0 aromatic heterocycles. The fourth-order valence-electron chi connectivity index (χ4n) is 5.65. The Bertz CT molecular complexity index is 1270. The number of Topliss-reactive ketones (excluding diaryl/α,β-unsaturated/α-hetero) is 2. The maximum Gasteiger partial charge on any atom is 0.402 e. The molecule has 1 fully saturated rings. The summed E-state index contributed by atoms with van der Waals surface area (Å²) < 4.78 is 0. The van der Waals surface area contributed by atoms with Crippen LogP contribution in [0.5, 0.6) is 5.75 Å². The summed E-state index contributed by atoms with van der Waals surface area (Å²) in [7, 11) is 6.75. The third-order valence-corrected chi connectivity index (χ3v) is 7.06. The van der Waals surface area contributed by atoms with Crippen molar-refractivity contribution in [3.8, 4) is 5.75 Å². The van der Waals surface area contributed by atoms with Gasteiger partial charge < -0.3 is 41.9 Å². The Balaban J connectivity index is 0.000000947. The van der Waals surface area contributed by atoms with Crippen molar-refractivity contribution in [2.45, 2.75) is 24.5 Å². The van der Waals surface area contributed by atoms with Gasteiger partial charge in [-0.2, -0.15) is 0 Å². The van der Waals surface area contributed by atoms with Crippen LogP contribution >= 0.6 is 12.4 Å². The molecule has 38 heavy (non-hydrogen) atoms. The van der Waals surface area contributed by atoms with Crippen molar-refractivity contribution in [3.05, 3.63) is 40.2 Å². The summed E-state index contributed by atoms with van der Waals surface area (Å²) in [4.78, 5) is 50.8. The van der Waals surface area contributed by atoms with E-state index in [0.717, 1.165) is 5.69 Å². The molecule has 0 bridgehead atoms. The maximum absolute atomic E-state index is 13.7. The number of nitrogens with zero attached hydrogens (tertiary/aromatic N) is 2. The Morgan fingerprint density at radius 3 is 2.08 bits per heavy atom. The van der Waals surface area contributed by atoms with Crippen LogP contribution in [0.3, 0.4) is 0 Å². The summed E-state index contributed by atoms with van der Waals surface area (Å²) in [5, 5.41) is 51.1. The Labute approximate surface area is 224 Å². The highest BCUT2D eigenvalue weighted by molar-refractivity contribution is 6.24. The molecule has 2 amide bonds. The lowest BCUT2D eigenvalue weighted by Crippen LogP contribution is -2.65. The van der Waals surface area contributed by atoms with Crippen LogP contribution in [0.25, 0.3) is 5.76 Å². The van der Waals surface area contributed by atoms with Gasteiger partial charge in [0.05, 0.1) is 11.6 Å². The molecule has 4 rings (SSSR count). The van der Waals surface area contributed by atoms with Gasteiger partial charge in [0.15, 0.2) is 11.4 Å². The van der Waals surface area contributed by atoms with Gasteiger partial charge in [0.2, 0.25) is 5.78 Å². The van der Waals surface area contributed by atoms with E-state index in [9.17, 15) is 34.8 Å². The van der Waals surface area contributed by atoms with Gasteiger partial charge in [0.1, 0.15) is 22.8 Å². The van der Waals surface area contributed by atoms with Crippen LogP contribution in [-0.2, 0) is 20.8 Å². The van der Waals surface area contributed by atoms with Gasteiger partial charge in [-0.3, -0.25) is 19.3 Å². The van der Waals surface area contributed by atoms with E-state index >= 15 is 0 Å². The maximum atomic E-state index is 13.7. The van der Waals surface area contributed by atoms with Crippen molar-refractivity contribution in [1.82, 2.24) is 4.90 Å². The molecule has 0 heterocycles. The average Bonchev–Trinajstić information content (AvgIpc) is 2.75. The quantitative estimate of drug-likeness (QED) is 0.247. The summed E-state index contributed by atoms with van der Waals surface area (Å²) in [5.74, 6) is -6.54. The number of likely N-dealkylation sites (N-methyl/N-ethyl adjacent to an activating group) is 1. The zero-order valence-electron chi connectivity index (χ0n) is 21.1. The van der Waals surface area contributed by atoms with Crippen molar-refractivity contribution >= 4 is 47.4 Å². The van der Waals surface area contributed by atoms with E-state index in [0.29, 0.717) is 5.56 Å². The smallest absolute Gasteiger partial charge is 0.402 e. The van der Waals surface area contributed by atoms with Crippen LogP contribution in [0.2, 0.25) is 0 Å². The van der Waals surface area contributed by atoms with Crippen LogP contribution < -0.4 is 16.4 Å². The Hall–Kier alpha value is -3.81. The predicted octanol–water partition coefficient (Wildman–Crippen LogP) is 0.0749. The van der Waals surface area contributed by atoms with Crippen LogP contribution in [0.1, 0.15) is 17.5 Å². The number of hydrogen-bond donors (Lipinski definition) is 7. The van der Waals surface area contributed by atoms with Gasteiger partial charge in [0.25, 0.3) is 5.91 Å². The highest BCUT2D eigenvalue weighted by Gasteiger charge is 2.64. The molecular formula is C24H31ClN4O9. The van der Waals surface area contributed by atoms with Gasteiger partial charge in [-0.15, -0.1) is 12.4 Å². The van der Waals surface area contributed by atoms with E-state index in [1.54, 1.807) is 20.2 Å². The van der Waals surface area contributed by atoms with Crippen molar-refractivity contribution in [2.24, 2.45) is 23.3 Å². The SMILES string of the molecule is CN(C)c1ccc(O)c2c1C[C@H]1C[C@H]3[C@H](N(C)C)C(=O)C(C(N)=O)=C(O)[C@@]3(O)C(=O)C1=C2O.Cl.NC(=O)O. The zero-order valence-corrected chi connectivity index (χ0v) is 21.9. The Kier molecular flexibility index (Phi) is 8.42. The first kappa shape index (κ1) is 30.4. The first-order valence-corrected chi connectivity index (χ1v) is 11.2. The highest BCUT2D eigenvalue weighted by atomic mass is 35.5. The third kappa shape index (κ3) is 4.52. The fraction of sp³-hybridized carbons (Fsp3) is 0.417. The fourth-order valence-corrected chi connectivity index (χ4v) is 5.65. The summed E-state index contributed by atoms with van der Waals surface area (Å²) in [5.41, 5.74) is 7.18. The number of primary amides is 2. The summed E-state index contributed by atoms with van der Waals surface area (Å²) in [6, 6.07) is 2.01. The first-order valence-electron chi connectivity index (χ1n) is 11.2. The number of halogens is 1. The topological polar surface area (TPSA) is 228 Å². The van der Waals surface area contributed by atoms with Crippen LogP contribution in [0.4, 0.5) is 10.5 Å². The number of aromatic hydroxyl groups is 1. The molecule has 0 saturated heterocycles. The largest absolute Gasteiger partial charge is 0.508 e. The van der Waals surface area contributed by atoms with Gasteiger partial charge >= 0.3 is 6.09 Å². The van der Waals surface area contributed by atoms with Crippen molar-refractivity contribution in [1.29, 1.82) is 0 Å². The number of aliphatic hydroxyl groups is 3. The summed E-state index contributed by atoms with van der Waals surface area (Å²) in [6.07, 6.45) is -1.01. The molecule has 4 atom stereocenters. The highest BCUT2D eigenvalue weighted by Crippen LogP contribution is 2.53. The predicted molar refractivity (Wildman–Crippen MR) is 138 cm³/mol. The minimum absolute atomic E-state index is 0. The number of rotatable bonds is 3. The van der Waals surface area contributed by atoms with Crippen LogP contribution in [-0.4, -0.2) is 93.8 Å². The number of benzene rings is 1. The van der Waals surface area contributed by atoms with Crippen molar-refractivity contribution in [2.75, 3.05) is 33.1 Å². The number of anilines is 1. The number of carboxylic acid groups (broad SMARTS) is 1. The first-order chi connectivity index (χ1) is 17.1. The lowest BCUT2D eigenvalue weighted by Gasteiger charge is -2.50. The van der Waals surface area contributed by atoms with Crippen LogP contribution in [0.15, 0.2) is 29.0 Å². The number of ketones is 2. The number of nitrogens with two attached hydrogens (primary N) is 2. The molecule has 0 spiro atoms. The molecule has 0 unspecified atom stereocenters. The van der Waals surface area contributed by atoms with Crippen molar-refractivity contribution < 1.29 is 44.7 Å². The zero-order chi connectivity index (χ0) is 28.1. The second-order valence-corrected chi connectivity index (χ2v) is 9.65. The summed E-state index contributed by atoms with van der Waals surface area (Å²) in [6.45, 7) is 0. The summed E-state index contributed by atoms with van der Waals surface area (Å²) >= 11 is 0. The minimum Gasteiger partial charge on any atom is -0.508 e. The van der Waals surface area contributed by atoms with Gasteiger partial charge in [-0.25, -0.2) is 4.79 Å². The Morgan fingerprint density at radius 2 is 1.61 bits per heavy atom. The van der Waals surface area contributed by atoms with Gasteiger partial charge in [-0.05, 0) is 50.6 Å². The molecule has 0 radical (unpaired) electrons. The number of phenols is 1. The number of carbonyl (C=O) groups excluding carboxylic acids is 3. The number of carbonyl (C=O) groups is 4. The van der Waals surface area contributed by atoms with Gasteiger partial charge in [0, 0.05) is 31.3 Å². The van der Waals surface area contributed by atoms with Gasteiger partial charge in [-0.1, -0.05) is 0 Å². The van der Waals surface area contributed by atoms with E-state index < -0.39 is 64.1 Å². The van der Waals surface area contributed by atoms with E-state index in [2.05, 4.69) is 5.73 Å². The number of aliphatic hydroxyl groups excluding tert-OH is 2. The second kappa shape index (κ2) is 10.5.